The smallest absolute Gasteiger partial charge is 0.252 e. The maximum absolute atomic E-state index is 11.4. The summed E-state index contributed by atoms with van der Waals surface area (Å²) in [5.74, 6) is -0.255. The summed E-state index contributed by atoms with van der Waals surface area (Å²) < 4.78 is 0. The lowest BCUT2D eigenvalue weighted by atomic mass is 10.2. The predicted molar refractivity (Wildman–Crippen MR) is 51.5 cm³/mol. The quantitative estimate of drug-likeness (QED) is 0.327. The van der Waals surface area contributed by atoms with Crippen molar-refractivity contribution in [1.82, 2.24) is 10.2 Å². The largest absolute Gasteiger partial charge is 0.370 e. The van der Waals surface area contributed by atoms with Gasteiger partial charge in [0.25, 0.3) is 5.91 Å². The monoisotopic (exact) mass is 198 g/mol. The molecule has 0 aromatic rings. The van der Waals surface area contributed by atoms with Gasteiger partial charge in [-0.3, -0.25) is 19.5 Å². The second-order valence-corrected chi connectivity index (χ2v) is 3.05. The van der Waals surface area contributed by atoms with Crippen LogP contribution in [0.15, 0.2) is 4.99 Å². The molecule has 0 saturated carbocycles. The molecule has 1 heterocycles. The van der Waals surface area contributed by atoms with Crippen LogP contribution < -0.4 is 11.1 Å². The Bertz CT molecular complexity index is 287. The number of carbonyl (C=O) groups is 2. The van der Waals surface area contributed by atoms with E-state index >= 15 is 0 Å². The second kappa shape index (κ2) is 4.08. The lowest BCUT2D eigenvalue weighted by molar-refractivity contribution is -0.137. The van der Waals surface area contributed by atoms with Crippen LogP contribution in [0.5, 0.6) is 0 Å². The third-order valence-electron chi connectivity index (χ3n) is 2.03. The maximum Gasteiger partial charge on any atom is 0.252 e. The Morgan fingerprint density at radius 1 is 1.71 bits per heavy atom. The van der Waals surface area contributed by atoms with Gasteiger partial charge in [-0.25, -0.2) is 0 Å². The van der Waals surface area contributed by atoms with Crippen LogP contribution in [0.25, 0.3) is 0 Å². The van der Waals surface area contributed by atoms with E-state index < -0.39 is 6.04 Å². The van der Waals surface area contributed by atoms with Crippen LogP contribution in [0, 0.1) is 0 Å². The number of imide groups is 1. The number of hydrogen-bond donors (Lipinski definition) is 2. The molecule has 3 N–H and O–H groups in total. The third kappa shape index (κ3) is 2.01. The van der Waals surface area contributed by atoms with Crippen LogP contribution in [0.3, 0.4) is 0 Å². The number of amides is 2. The molecule has 1 aliphatic heterocycles. The Labute approximate surface area is 82.2 Å². The molecule has 0 aliphatic carbocycles. The first kappa shape index (κ1) is 10.5. The molecule has 0 radical (unpaired) electrons. The van der Waals surface area contributed by atoms with E-state index in [9.17, 15) is 9.59 Å². The normalized spacial score (nSPS) is 23.1. The summed E-state index contributed by atoms with van der Waals surface area (Å²) in [4.78, 5) is 27.5. The van der Waals surface area contributed by atoms with Crippen molar-refractivity contribution in [1.29, 1.82) is 0 Å². The van der Waals surface area contributed by atoms with Crippen molar-refractivity contribution in [3.8, 4) is 0 Å². The number of nitrogens with two attached hydrogens (primary N) is 1. The molecule has 1 atom stereocenters. The van der Waals surface area contributed by atoms with E-state index in [0.29, 0.717) is 6.54 Å². The van der Waals surface area contributed by atoms with Crippen LogP contribution >= 0.6 is 0 Å². The fourth-order valence-electron chi connectivity index (χ4n) is 1.26. The fourth-order valence-corrected chi connectivity index (χ4v) is 1.26. The van der Waals surface area contributed by atoms with Crippen molar-refractivity contribution in [3.05, 3.63) is 0 Å². The van der Waals surface area contributed by atoms with Crippen molar-refractivity contribution >= 4 is 17.8 Å². The standard InChI is InChI=1S/C8H14N4O2/c1-3-10-8(9)11-5-4-6(13)12(2)7(5)14/h5H,3-4H2,1-2H3,(H3,9,10,11). The molecule has 78 valence electrons. The molecule has 0 spiro atoms. The summed E-state index contributed by atoms with van der Waals surface area (Å²) in [7, 11) is 1.46. The summed E-state index contributed by atoms with van der Waals surface area (Å²) in [6.45, 7) is 2.38. The number of aliphatic imine (C=N–C) groups is 1. The molecule has 6 nitrogen and oxygen atoms in total. The lowest BCUT2D eigenvalue weighted by Crippen LogP contribution is -2.44. The number of guanidine groups is 1. The Kier molecular flexibility index (Phi) is 3.06. The van der Waals surface area contributed by atoms with E-state index in [1.54, 1.807) is 0 Å². The van der Waals surface area contributed by atoms with Gasteiger partial charge in [0.1, 0.15) is 6.04 Å². The SMILES string of the molecule is CCN=C(N)NC1CC(=O)N(C)C1=O. The zero-order valence-corrected chi connectivity index (χ0v) is 8.28. The molecule has 1 fully saturated rings. The molecule has 0 bridgehead atoms. The first-order valence-corrected chi connectivity index (χ1v) is 4.43. The van der Waals surface area contributed by atoms with Gasteiger partial charge in [0.2, 0.25) is 5.91 Å². The minimum Gasteiger partial charge on any atom is -0.370 e. The van der Waals surface area contributed by atoms with Gasteiger partial charge in [-0.2, -0.15) is 0 Å². The number of carbonyl (C=O) groups excluding carboxylic acids is 2. The van der Waals surface area contributed by atoms with Crippen LogP contribution in [0.1, 0.15) is 13.3 Å². The van der Waals surface area contributed by atoms with Crippen LogP contribution in [-0.2, 0) is 9.59 Å². The van der Waals surface area contributed by atoms with Crippen molar-refractivity contribution < 1.29 is 9.59 Å². The van der Waals surface area contributed by atoms with Gasteiger partial charge in [0.05, 0.1) is 6.42 Å². The van der Waals surface area contributed by atoms with E-state index in [1.807, 2.05) is 6.92 Å². The van der Waals surface area contributed by atoms with Gasteiger partial charge >= 0.3 is 0 Å². The summed E-state index contributed by atoms with van der Waals surface area (Å²) in [6, 6.07) is -0.553. The second-order valence-electron chi connectivity index (χ2n) is 3.05. The number of nitrogens with zero attached hydrogens (tertiary/aromatic N) is 2. The van der Waals surface area contributed by atoms with Crippen molar-refractivity contribution in [3.63, 3.8) is 0 Å². The number of nitrogens with one attached hydrogen (secondary N) is 1. The van der Waals surface area contributed by atoms with Crippen LogP contribution in [0.2, 0.25) is 0 Å². The molecule has 1 aliphatic rings. The van der Waals surface area contributed by atoms with E-state index in [4.69, 9.17) is 5.73 Å². The van der Waals surface area contributed by atoms with Crippen LogP contribution in [0.4, 0.5) is 0 Å². The lowest BCUT2D eigenvalue weighted by Gasteiger charge is -2.10. The molecule has 1 saturated heterocycles. The van der Waals surface area contributed by atoms with Gasteiger partial charge in [-0.1, -0.05) is 0 Å². The molecule has 0 aromatic carbocycles. The van der Waals surface area contributed by atoms with Gasteiger partial charge in [-0.15, -0.1) is 0 Å². The summed E-state index contributed by atoms with van der Waals surface area (Å²) >= 11 is 0. The molecule has 14 heavy (non-hydrogen) atoms. The topological polar surface area (TPSA) is 87.8 Å². The molecule has 6 heteroatoms. The van der Waals surface area contributed by atoms with E-state index in [2.05, 4.69) is 10.3 Å². The Morgan fingerprint density at radius 3 is 2.79 bits per heavy atom. The third-order valence-corrected chi connectivity index (χ3v) is 2.03. The average molecular weight is 198 g/mol. The Morgan fingerprint density at radius 2 is 2.36 bits per heavy atom. The van der Waals surface area contributed by atoms with Crippen molar-refractivity contribution in [2.24, 2.45) is 10.7 Å². The molecular weight excluding hydrogens is 184 g/mol. The minimum absolute atomic E-state index is 0.148. The van der Waals surface area contributed by atoms with Gasteiger partial charge in [0.15, 0.2) is 5.96 Å². The zero-order chi connectivity index (χ0) is 10.7. The molecule has 2 amide bonds. The Balaban J connectivity index is 2.60. The maximum atomic E-state index is 11.4. The van der Waals surface area contributed by atoms with Crippen molar-refractivity contribution in [2.45, 2.75) is 19.4 Å². The fraction of sp³-hybridized carbons (Fsp3) is 0.625. The van der Waals surface area contributed by atoms with E-state index in [1.165, 1.54) is 7.05 Å². The molecule has 1 unspecified atom stereocenters. The highest BCUT2D eigenvalue weighted by Gasteiger charge is 2.36. The summed E-state index contributed by atoms with van der Waals surface area (Å²) in [5, 5.41) is 2.71. The van der Waals surface area contributed by atoms with Gasteiger partial charge in [0, 0.05) is 13.6 Å². The summed E-state index contributed by atoms with van der Waals surface area (Å²) in [5.41, 5.74) is 5.47. The van der Waals surface area contributed by atoms with Crippen LogP contribution in [-0.4, -0.2) is 42.3 Å². The highest BCUT2D eigenvalue weighted by atomic mass is 16.2. The Hall–Kier alpha value is -1.59. The number of likely N-dealkylation sites (N-methyl/N-ethyl adjacent to an activating group) is 1. The van der Waals surface area contributed by atoms with Gasteiger partial charge < -0.3 is 11.1 Å². The van der Waals surface area contributed by atoms with Gasteiger partial charge in [-0.05, 0) is 6.92 Å². The first-order chi connectivity index (χ1) is 6.56. The number of hydrogen-bond acceptors (Lipinski definition) is 3. The minimum atomic E-state index is -0.553. The molecule has 1 rings (SSSR count). The predicted octanol–water partition coefficient (Wildman–Crippen LogP) is -1.33. The first-order valence-electron chi connectivity index (χ1n) is 4.43. The number of likely N-dealkylation sites (tertiary alicyclic amines) is 1. The summed E-state index contributed by atoms with van der Waals surface area (Å²) in [6.07, 6.45) is 0.148. The van der Waals surface area contributed by atoms with Crippen molar-refractivity contribution in [2.75, 3.05) is 13.6 Å². The number of rotatable bonds is 2. The zero-order valence-electron chi connectivity index (χ0n) is 8.28. The molecule has 0 aromatic heterocycles. The highest BCUT2D eigenvalue weighted by Crippen LogP contribution is 2.09. The van der Waals surface area contributed by atoms with E-state index in [0.717, 1.165) is 4.90 Å². The highest BCUT2D eigenvalue weighted by molar-refractivity contribution is 6.06. The average Bonchev–Trinajstić information content (AvgIpc) is 2.34. The van der Waals surface area contributed by atoms with E-state index in [-0.39, 0.29) is 24.2 Å². The molecular formula is C8H14N4O2.